The van der Waals surface area contributed by atoms with E-state index in [1.165, 1.54) is 0 Å². The molecule has 0 bridgehead atoms. The smallest absolute Gasteiger partial charge is 0.108 e. The van der Waals surface area contributed by atoms with E-state index in [-0.39, 0.29) is 0 Å². The van der Waals surface area contributed by atoms with Gasteiger partial charge < -0.3 is 9.52 Å². The van der Waals surface area contributed by atoms with Gasteiger partial charge in [-0.3, -0.25) is 0 Å². The summed E-state index contributed by atoms with van der Waals surface area (Å²) in [5.74, 6) is 0.777. The van der Waals surface area contributed by atoms with E-state index in [1.807, 2.05) is 23.8 Å². The Balaban J connectivity index is 2.33. The van der Waals surface area contributed by atoms with Gasteiger partial charge in [-0.25, -0.2) is 0 Å². The summed E-state index contributed by atoms with van der Waals surface area (Å²) >= 11 is 1.58. The van der Waals surface area contributed by atoms with E-state index in [9.17, 15) is 5.11 Å². The molecule has 0 aromatic carbocycles. The summed E-state index contributed by atoms with van der Waals surface area (Å²) in [6.45, 7) is 1.85. The third-order valence-electron chi connectivity index (χ3n) is 2.05. The van der Waals surface area contributed by atoms with Crippen LogP contribution >= 0.6 is 11.3 Å². The highest BCUT2D eigenvalue weighted by molar-refractivity contribution is 7.07. The highest BCUT2D eigenvalue weighted by Gasteiger charge is 2.14. The lowest BCUT2D eigenvalue weighted by Gasteiger charge is -2.06. The van der Waals surface area contributed by atoms with E-state index in [4.69, 9.17) is 4.42 Å². The van der Waals surface area contributed by atoms with Crippen molar-refractivity contribution in [2.75, 3.05) is 0 Å². The zero-order valence-corrected chi connectivity index (χ0v) is 8.04. The van der Waals surface area contributed by atoms with Crippen molar-refractivity contribution in [3.63, 3.8) is 0 Å². The van der Waals surface area contributed by atoms with Crippen LogP contribution in [0.3, 0.4) is 0 Å². The van der Waals surface area contributed by atoms with Crippen LogP contribution in [-0.2, 0) is 0 Å². The summed E-state index contributed by atoms with van der Waals surface area (Å²) in [6.07, 6.45) is 1.05. The Kier molecular flexibility index (Phi) is 2.20. The Hall–Kier alpha value is -1.06. The minimum absolute atomic E-state index is 0.551. The first-order chi connectivity index (χ1) is 6.29. The predicted molar refractivity (Wildman–Crippen MR) is 51.8 cm³/mol. The second-order valence-corrected chi connectivity index (χ2v) is 3.67. The van der Waals surface area contributed by atoms with Crippen molar-refractivity contribution in [3.8, 4) is 0 Å². The minimum atomic E-state index is -0.551. The number of aryl methyl sites for hydroxylation is 1. The number of hydrogen-bond acceptors (Lipinski definition) is 3. The molecule has 1 N–H and O–H groups in total. The zero-order chi connectivity index (χ0) is 9.26. The first-order valence-corrected chi connectivity index (χ1v) is 4.97. The second-order valence-electron chi connectivity index (χ2n) is 2.89. The molecule has 0 spiro atoms. The van der Waals surface area contributed by atoms with Gasteiger partial charge in [0, 0.05) is 5.56 Å². The fourth-order valence-corrected chi connectivity index (χ4v) is 1.97. The van der Waals surface area contributed by atoms with E-state index in [0.29, 0.717) is 0 Å². The quantitative estimate of drug-likeness (QED) is 0.797. The molecule has 1 unspecified atom stereocenters. The third kappa shape index (κ3) is 1.53. The molecular weight excluding hydrogens is 184 g/mol. The second kappa shape index (κ2) is 3.36. The molecule has 0 saturated carbocycles. The molecule has 0 fully saturated rings. The number of hydrogen-bond donors (Lipinski definition) is 1. The van der Waals surface area contributed by atoms with Crippen molar-refractivity contribution in [1.82, 2.24) is 0 Å². The highest BCUT2D eigenvalue weighted by atomic mass is 32.1. The molecule has 1 atom stereocenters. The number of thiophene rings is 1. The van der Waals surface area contributed by atoms with Crippen LogP contribution in [0.15, 0.2) is 33.6 Å². The lowest BCUT2D eigenvalue weighted by molar-refractivity contribution is 0.218. The van der Waals surface area contributed by atoms with Gasteiger partial charge in [0.2, 0.25) is 0 Å². The molecule has 68 valence electrons. The number of aliphatic hydroxyl groups excluding tert-OH is 1. The van der Waals surface area contributed by atoms with E-state index in [2.05, 4.69) is 0 Å². The zero-order valence-electron chi connectivity index (χ0n) is 7.23. The molecular formula is C10H10O2S. The molecule has 2 aromatic heterocycles. The van der Waals surface area contributed by atoms with Crippen molar-refractivity contribution < 1.29 is 9.52 Å². The van der Waals surface area contributed by atoms with Crippen LogP contribution in [0.4, 0.5) is 0 Å². The van der Waals surface area contributed by atoms with E-state index in [1.54, 1.807) is 23.7 Å². The van der Waals surface area contributed by atoms with Gasteiger partial charge in [-0.15, -0.1) is 0 Å². The molecule has 2 aromatic rings. The van der Waals surface area contributed by atoms with Gasteiger partial charge in [0.15, 0.2) is 0 Å². The fourth-order valence-electron chi connectivity index (χ4n) is 1.29. The van der Waals surface area contributed by atoms with Gasteiger partial charge in [0.05, 0.1) is 6.26 Å². The standard InChI is InChI=1S/C10H10O2S/c1-7-9(2-4-12-7)10(11)8-3-5-13-6-8/h2-6,10-11H,1H3. The summed E-state index contributed by atoms with van der Waals surface area (Å²) in [5.41, 5.74) is 1.77. The summed E-state index contributed by atoms with van der Waals surface area (Å²) in [5, 5.41) is 13.8. The maximum absolute atomic E-state index is 9.90. The van der Waals surface area contributed by atoms with Crippen LogP contribution in [0, 0.1) is 6.92 Å². The van der Waals surface area contributed by atoms with Gasteiger partial charge in [-0.2, -0.15) is 11.3 Å². The molecule has 0 aliphatic rings. The summed E-state index contributed by atoms with van der Waals surface area (Å²) in [7, 11) is 0. The maximum Gasteiger partial charge on any atom is 0.108 e. The number of rotatable bonds is 2. The number of aliphatic hydroxyl groups is 1. The van der Waals surface area contributed by atoms with Crippen molar-refractivity contribution in [2.45, 2.75) is 13.0 Å². The van der Waals surface area contributed by atoms with Gasteiger partial charge in [-0.05, 0) is 35.4 Å². The first kappa shape index (κ1) is 8.53. The van der Waals surface area contributed by atoms with Crippen molar-refractivity contribution in [2.24, 2.45) is 0 Å². The Bertz CT molecular complexity index is 375. The lowest BCUT2D eigenvalue weighted by atomic mass is 10.1. The normalized spacial score (nSPS) is 13.1. The van der Waals surface area contributed by atoms with Crippen molar-refractivity contribution in [1.29, 1.82) is 0 Å². The Labute approximate surface area is 80.4 Å². The molecule has 2 nitrogen and oxygen atoms in total. The summed E-state index contributed by atoms with van der Waals surface area (Å²) in [4.78, 5) is 0. The van der Waals surface area contributed by atoms with Crippen LogP contribution < -0.4 is 0 Å². The molecule has 0 aliphatic heterocycles. The van der Waals surface area contributed by atoms with Gasteiger partial charge in [-0.1, -0.05) is 0 Å². The highest BCUT2D eigenvalue weighted by Crippen LogP contribution is 2.26. The molecule has 3 heteroatoms. The SMILES string of the molecule is Cc1occc1C(O)c1ccsc1. The largest absolute Gasteiger partial charge is 0.469 e. The van der Waals surface area contributed by atoms with E-state index in [0.717, 1.165) is 16.9 Å². The molecule has 0 amide bonds. The van der Waals surface area contributed by atoms with Crippen LogP contribution in [0.25, 0.3) is 0 Å². The van der Waals surface area contributed by atoms with Crippen LogP contribution in [0.1, 0.15) is 23.0 Å². The first-order valence-electron chi connectivity index (χ1n) is 4.03. The Morgan fingerprint density at radius 2 is 2.31 bits per heavy atom. The van der Waals surface area contributed by atoms with Crippen molar-refractivity contribution in [3.05, 3.63) is 46.0 Å². The topological polar surface area (TPSA) is 33.4 Å². The average Bonchev–Trinajstić information content (AvgIpc) is 2.72. The van der Waals surface area contributed by atoms with Gasteiger partial charge in [0.1, 0.15) is 11.9 Å². The monoisotopic (exact) mass is 194 g/mol. The fraction of sp³-hybridized carbons (Fsp3) is 0.200. The van der Waals surface area contributed by atoms with E-state index < -0.39 is 6.10 Å². The van der Waals surface area contributed by atoms with E-state index >= 15 is 0 Å². The Morgan fingerprint density at radius 3 is 2.85 bits per heavy atom. The Morgan fingerprint density at radius 1 is 1.46 bits per heavy atom. The molecule has 13 heavy (non-hydrogen) atoms. The van der Waals surface area contributed by atoms with Crippen molar-refractivity contribution >= 4 is 11.3 Å². The molecule has 0 saturated heterocycles. The van der Waals surface area contributed by atoms with Crippen LogP contribution in [0.5, 0.6) is 0 Å². The molecule has 0 aliphatic carbocycles. The molecule has 2 heterocycles. The maximum atomic E-state index is 9.90. The summed E-state index contributed by atoms with van der Waals surface area (Å²) in [6, 6.07) is 3.72. The van der Waals surface area contributed by atoms with Crippen LogP contribution in [0.2, 0.25) is 0 Å². The van der Waals surface area contributed by atoms with Crippen LogP contribution in [-0.4, -0.2) is 5.11 Å². The predicted octanol–water partition coefficient (Wildman–Crippen LogP) is 2.73. The third-order valence-corrected chi connectivity index (χ3v) is 2.75. The molecule has 0 radical (unpaired) electrons. The molecule has 2 rings (SSSR count). The average molecular weight is 194 g/mol. The number of furan rings is 1. The minimum Gasteiger partial charge on any atom is -0.469 e. The summed E-state index contributed by atoms with van der Waals surface area (Å²) < 4.78 is 5.13. The van der Waals surface area contributed by atoms with Gasteiger partial charge in [0.25, 0.3) is 0 Å². The van der Waals surface area contributed by atoms with Gasteiger partial charge >= 0.3 is 0 Å². The lowest BCUT2D eigenvalue weighted by Crippen LogP contribution is -1.97.